The topological polar surface area (TPSA) is 85.5 Å². The van der Waals surface area contributed by atoms with Crippen molar-refractivity contribution in [2.24, 2.45) is 9.98 Å². The molecule has 3 heterocycles. The highest BCUT2D eigenvalue weighted by molar-refractivity contribution is 6.51. The van der Waals surface area contributed by atoms with Gasteiger partial charge in [-0.15, -0.1) is 0 Å². The van der Waals surface area contributed by atoms with Gasteiger partial charge in [-0.25, -0.2) is 14.7 Å². The Hall–Kier alpha value is -5.57. The van der Waals surface area contributed by atoms with E-state index in [0.29, 0.717) is 28.9 Å². The summed E-state index contributed by atoms with van der Waals surface area (Å²) in [4.78, 5) is 12.7. The Morgan fingerprint density at radius 1 is 0.733 bits per heavy atom. The molecule has 9 heteroatoms. The Labute approximate surface area is 262 Å². The maximum atomic E-state index is 5.82. The van der Waals surface area contributed by atoms with Crippen molar-refractivity contribution in [2.75, 3.05) is 31.5 Å². The van der Waals surface area contributed by atoms with E-state index in [9.17, 15) is 0 Å². The summed E-state index contributed by atoms with van der Waals surface area (Å²) in [6, 6.07) is 28.2. The van der Waals surface area contributed by atoms with Gasteiger partial charge in [-0.2, -0.15) is 5.10 Å². The molecule has 0 spiro atoms. The Balaban J connectivity index is 1.51. The molecule has 0 saturated heterocycles. The Bertz CT molecular complexity index is 1970. The number of amidine groups is 2. The van der Waals surface area contributed by atoms with Gasteiger partial charge in [0.25, 0.3) is 0 Å². The van der Waals surface area contributed by atoms with E-state index in [2.05, 4.69) is 48.3 Å². The zero-order chi connectivity index (χ0) is 31.2. The lowest BCUT2D eigenvalue weighted by Gasteiger charge is -2.40. The van der Waals surface area contributed by atoms with E-state index >= 15 is 0 Å². The van der Waals surface area contributed by atoms with Gasteiger partial charge in [-0.1, -0.05) is 36.4 Å². The van der Waals surface area contributed by atoms with Gasteiger partial charge < -0.3 is 24.4 Å². The van der Waals surface area contributed by atoms with Gasteiger partial charge in [0.15, 0.2) is 29.0 Å². The van der Waals surface area contributed by atoms with Crippen LogP contribution < -0.4 is 24.4 Å². The van der Waals surface area contributed by atoms with E-state index in [1.54, 1.807) is 21.3 Å². The minimum atomic E-state index is -0.355. The van der Waals surface area contributed by atoms with Gasteiger partial charge in [0.05, 0.1) is 50.1 Å². The number of aryl methyl sites for hydroxylation is 3. The third-order valence-corrected chi connectivity index (χ3v) is 8.41. The summed E-state index contributed by atoms with van der Waals surface area (Å²) in [6.45, 7) is 6.25. The molecule has 4 aromatic carbocycles. The smallest absolute Gasteiger partial charge is 0.203 e. The number of nitrogens with one attached hydrogen (secondary N) is 1. The van der Waals surface area contributed by atoms with Crippen molar-refractivity contribution < 1.29 is 14.2 Å². The fourth-order valence-corrected chi connectivity index (χ4v) is 6.08. The first-order valence-corrected chi connectivity index (χ1v) is 14.8. The van der Waals surface area contributed by atoms with Gasteiger partial charge in [-0.3, -0.25) is 0 Å². The number of benzene rings is 4. The molecule has 45 heavy (non-hydrogen) atoms. The summed E-state index contributed by atoms with van der Waals surface area (Å²) in [6.07, 6.45) is 0. The number of anilines is 2. The van der Waals surface area contributed by atoms with Crippen LogP contribution in [0.15, 0.2) is 94.9 Å². The minimum absolute atomic E-state index is 0.355. The number of methoxy groups -OCH3 is 3. The number of hydrogen-bond acceptors (Lipinski definition) is 8. The molecule has 226 valence electrons. The van der Waals surface area contributed by atoms with Gasteiger partial charge >= 0.3 is 0 Å². The van der Waals surface area contributed by atoms with E-state index < -0.39 is 0 Å². The molecule has 1 aromatic heterocycles. The van der Waals surface area contributed by atoms with Crippen molar-refractivity contribution in [3.05, 3.63) is 113 Å². The SMILES string of the molecule is COc1cc([C@@H]2c3c(C)nn(-c4ccccc4)c3N=C3C(Nc4ccc(C)c(C)c4)=Nc4ccccc4N32)cc(OC)c1OC. The van der Waals surface area contributed by atoms with Crippen LogP contribution in [0.3, 0.4) is 0 Å². The number of rotatable bonds is 6. The van der Waals surface area contributed by atoms with Crippen LogP contribution >= 0.6 is 0 Å². The minimum Gasteiger partial charge on any atom is -0.493 e. The van der Waals surface area contributed by atoms with Crippen LogP contribution in [-0.4, -0.2) is 42.8 Å². The molecule has 0 amide bonds. The summed E-state index contributed by atoms with van der Waals surface area (Å²) < 4.78 is 19.2. The number of aromatic nitrogens is 2. The quantitative estimate of drug-likeness (QED) is 0.216. The molecule has 0 aliphatic carbocycles. The summed E-state index contributed by atoms with van der Waals surface area (Å²) in [5.74, 6) is 3.71. The maximum absolute atomic E-state index is 5.82. The lowest BCUT2D eigenvalue weighted by molar-refractivity contribution is 0.323. The number of para-hydroxylation sites is 3. The van der Waals surface area contributed by atoms with E-state index in [-0.39, 0.29) is 6.04 Å². The molecule has 1 atom stereocenters. The van der Waals surface area contributed by atoms with Crippen LogP contribution in [0.1, 0.15) is 34.0 Å². The molecule has 0 unspecified atom stereocenters. The molecule has 2 aliphatic rings. The van der Waals surface area contributed by atoms with E-state index in [1.807, 2.05) is 72.3 Å². The zero-order valence-corrected chi connectivity index (χ0v) is 26.1. The maximum Gasteiger partial charge on any atom is 0.203 e. The second-order valence-corrected chi connectivity index (χ2v) is 11.1. The van der Waals surface area contributed by atoms with Crippen LogP contribution in [-0.2, 0) is 0 Å². The lowest BCUT2D eigenvalue weighted by Crippen LogP contribution is -2.46. The van der Waals surface area contributed by atoms with Crippen LogP contribution in [0.5, 0.6) is 17.2 Å². The fourth-order valence-electron chi connectivity index (χ4n) is 6.08. The zero-order valence-electron chi connectivity index (χ0n) is 26.1. The third-order valence-electron chi connectivity index (χ3n) is 8.41. The summed E-state index contributed by atoms with van der Waals surface area (Å²) >= 11 is 0. The molecule has 7 rings (SSSR count). The predicted octanol–water partition coefficient (Wildman–Crippen LogP) is 7.62. The number of hydrogen-bond donors (Lipinski definition) is 1. The molecule has 0 saturated carbocycles. The number of nitrogens with zero attached hydrogens (tertiary/aromatic N) is 5. The van der Waals surface area contributed by atoms with E-state index in [4.69, 9.17) is 29.3 Å². The molecular weight excluding hydrogens is 564 g/mol. The Kier molecular flexibility index (Phi) is 7.00. The predicted molar refractivity (Wildman–Crippen MR) is 179 cm³/mol. The average molecular weight is 599 g/mol. The first-order valence-electron chi connectivity index (χ1n) is 14.8. The Morgan fingerprint density at radius 3 is 2.13 bits per heavy atom. The Morgan fingerprint density at radius 2 is 1.44 bits per heavy atom. The molecule has 0 radical (unpaired) electrons. The highest BCUT2D eigenvalue weighted by atomic mass is 16.5. The van der Waals surface area contributed by atoms with E-state index in [0.717, 1.165) is 45.4 Å². The van der Waals surface area contributed by atoms with Crippen LogP contribution in [0.4, 0.5) is 22.9 Å². The van der Waals surface area contributed by atoms with Gasteiger partial charge in [0, 0.05) is 11.3 Å². The van der Waals surface area contributed by atoms with Crippen molar-refractivity contribution in [2.45, 2.75) is 26.8 Å². The van der Waals surface area contributed by atoms with Crippen LogP contribution in [0, 0.1) is 20.8 Å². The van der Waals surface area contributed by atoms with Crippen molar-refractivity contribution >= 4 is 34.6 Å². The molecule has 5 aromatic rings. The molecular formula is C36H34N6O3. The van der Waals surface area contributed by atoms with Crippen molar-refractivity contribution in [1.82, 2.24) is 9.78 Å². The number of fused-ring (bicyclic) bond motifs is 4. The standard InChI is InChI=1S/C36H34N6O3/c1-21-16-17-25(18-22(21)2)37-34-36-39-35-31(23(3)40-42(35)26-12-8-7-9-13-26)32(41(36)28-15-11-10-14-27(28)38-34)24-19-29(43-4)33(45-6)30(20-24)44-5/h7-20,32H,1-6H3,(H,37,38)/t32-/m1/s1. The van der Waals surface area contributed by atoms with Crippen LogP contribution in [0.25, 0.3) is 5.69 Å². The normalized spacial score (nSPS) is 14.9. The van der Waals surface area contributed by atoms with Crippen molar-refractivity contribution in [3.8, 4) is 22.9 Å². The second kappa shape index (κ2) is 11.2. The molecule has 2 aliphatic heterocycles. The fraction of sp³-hybridized carbons (Fsp3) is 0.194. The van der Waals surface area contributed by atoms with Crippen molar-refractivity contribution in [3.63, 3.8) is 0 Å². The second-order valence-electron chi connectivity index (χ2n) is 11.1. The third kappa shape index (κ3) is 4.68. The summed E-state index contributed by atoms with van der Waals surface area (Å²) in [7, 11) is 4.88. The molecule has 0 bridgehead atoms. The first-order chi connectivity index (χ1) is 21.9. The monoisotopic (exact) mass is 598 g/mol. The molecule has 0 fully saturated rings. The largest absolute Gasteiger partial charge is 0.493 e. The highest BCUT2D eigenvalue weighted by Gasteiger charge is 2.42. The number of ether oxygens (including phenoxy) is 3. The summed E-state index contributed by atoms with van der Waals surface area (Å²) in [5, 5.41) is 8.64. The highest BCUT2D eigenvalue weighted by Crippen LogP contribution is 2.50. The van der Waals surface area contributed by atoms with E-state index in [1.165, 1.54) is 11.1 Å². The lowest BCUT2D eigenvalue weighted by atomic mass is 9.92. The number of aliphatic imine (C=N–C) groups is 2. The summed E-state index contributed by atoms with van der Waals surface area (Å²) in [5.41, 5.74) is 8.78. The average Bonchev–Trinajstić information content (AvgIpc) is 3.40. The molecule has 9 nitrogen and oxygen atoms in total. The van der Waals surface area contributed by atoms with Gasteiger partial charge in [-0.05, 0) is 86.0 Å². The molecule has 1 N–H and O–H groups in total. The van der Waals surface area contributed by atoms with Crippen molar-refractivity contribution in [1.29, 1.82) is 0 Å². The van der Waals surface area contributed by atoms with Gasteiger partial charge in [0.2, 0.25) is 5.75 Å². The van der Waals surface area contributed by atoms with Gasteiger partial charge in [0.1, 0.15) is 0 Å². The van der Waals surface area contributed by atoms with Crippen LogP contribution in [0.2, 0.25) is 0 Å². The first kappa shape index (κ1) is 28.2.